The van der Waals surface area contributed by atoms with E-state index in [1.54, 1.807) is 36.4 Å². The first-order valence-electron chi connectivity index (χ1n) is 6.90. The third kappa shape index (κ3) is 3.36. The summed E-state index contributed by atoms with van der Waals surface area (Å²) < 4.78 is 19.3. The summed E-state index contributed by atoms with van der Waals surface area (Å²) in [5.74, 6) is 0.212. The number of nitrogens with zero attached hydrogens (tertiary/aromatic N) is 4. The van der Waals surface area contributed by atoms with E-state index in [0.29, 0.717) is 11.4 Å². The van der Waals surface area contributed by atoms with Gasteiger partial charge in [-0.15, -0.1) is 10.2 Å². The van der Waals surface area contributed by atoms with Crippen molar-refractivity contribution in [2.45, 2.75) is 0 Å². The fourth-order valence-electron chi connectivity index (χ4n) is 1.89. The molecule has 3 rings (SSSR count). The molecule has 0 atom stereocenters. The Kier molecular flexibility index (Phi) is 4.44. The van der Waals surface area contributed by atoms with Gasteiger partial charge in [0.1, 0.15) is 11.6 Å². The molecule has 0 spiro atoms. The highest BCUT2D eigenvalue weighted by Gasteiger charge is 2.09. The van der Waals surface area contributed by atoms with Gasteiger partial charge in [0.15, 0.2) is 17.3 Å². The summed E-state index contributed by atoms with van der Waals surface area (Å²) in [5, 5.41) is 25.3. The zero-order valence-electron chi connectivity index (χ0n) is 12.3. The smallest absolute Gasteiger partial charge is 0.216 e. The van der Waals surface area contributed by atoms with Gasteiger partial charge >= 0.3 is 0 Å². The van der Waals surface area contributed by atoms with Crippen molar-refractivity contribution in [3.63, 3.8) is 0 Å². The van der Waals surface area contributed by atoms with E-state index in [0.717, 1.165) is 0 Å². The number of H-pyrrole nitrogens is 1. The molecular weight excluding hydrogens is 311 g/mol. The van der Waals surface area contributed by atoms with Crippen LogP contribution in [0.4, 0.5) is 10.1 Å². The number of rotatable bonds is 5. The van der Waals surface area contributed by atoms with Gasteiger partial charge in [0.25, 0.3) is 0 Å². The number of nitriles is 1. The molecule has 0 fully saturated rings. The largest absolute Gasteiger partial charge is 0.452 e. The van der Waals surface area contributed by atoms with Crippen LogP contribution in [0, 0.1) is 17.1 Å². The molecule has 0 aliphatic heterocycles. The lowest BCUT2D eigenvalue weighted by Crippen LogP contribution is -1.96. The molecule has 24 heavy (non-hydrogen) atoms. The number of ether oxygens (including phenoxy) is 1. The van der Waals surface area contributed by atoms with Crippen molar-refractivity contribution in [3.05, 3.63) is 66.4 Å². The average molecular weight is 322 g/mol. The molecule has 2 aromatic carbocycles. The first-order chi connectivity index (χ1) is 11.8. The van der Waals surface area contributed by atoms with Gasteiger partial charge in [-0.05, 0) is 29.5 Å². The third-order valence-electron chi connectivity index (χ3n) is 3.02. The Morgan fingerprint density at radius 2 is 1.92 bits per heavy atom. The van der Waals surface area contributed by atoms with Gasteiger partial charge in [-0.1, -0.05) is 24.3 Å². The predicted octanol–water partition coefficient (Wildman–Crippen LogP) is 3.11. The molecule has 0 aliphatic carbocycles. The maximum absolute atomic E-state index is 13.7. The molecule has 2 N–H and O–H groups in total. The lowest BCUT2D eigenvalue weighted by atomic mass is 10.2. The van der Waals surface area contributed by atoms with Crippen LogP contribution in [0.1, 0.15) is 5.82 Å². The van der Waals surface area contributed by atoms with Crippen LogP contribution >= 0.6 is 0 Å². The summed E-state index contributed by atoms with van der Waals surface area (Å²) >= 11 is 0. The Morgan fingerprint density at radius 1 is 1.17 bits per heavy atom. The summed E-state index contributed by atoms with van der Waals surface area (Å²) in [5.41, 5.74) is 0.737. The second-order valence-electron chi connectivity index (χ2n) is 4.58. The Balaban J connectivity index is 1.85. The summed E-state index contributed by atoms with van der Waals surface area (Å²) in [6, 6.07) is 15.0. The molecule has 0 saturated heterocycles. The highest BCUT2D eigenvalue weighted by Crippen LogP contribution is 2.30. The number of allylic oxidation sites excluding steroid dienone is 1. The second-order valence-corrected chi connectivity index (χ2v) is 4.58. The second kappa shape index (κ2) is 7.02. The number of tetrazole rings is 1. The van der Waals surface area contributed by atoms with Gasteiger partial charge < -0.3 is 10.1 Å². The number of aromatic nitrogens is 4. The van der Waals surface area contributed by atoms with E-state index in [1.807, 2.05) is 6.07 Å². The van der Waals surface area contributed by atoms with Crippen LogP contribution in [0.15, 0.2) is 54.7 Å². The van der Waals surface area contributed by atoms with Crippen LogP contribution in [0.5, 0.6) is 11.5 Å². The standard InChI is InChI=1S/C16H11FN6O/c17-12-5-1-3-7-14(12)24-15-8-4-2-6-13(15)19-10-11(9-18)16-20-22-23-21-16/h1-8,10,19H,(H,20,21,22,23). The molecule has 1 heterocycles. The number of hydrogen-bond acceptors (Lipinski definition) is 6. The van der Waals surface area contributed by atoms with Crippen molar-refractivity contribution >= 4 is 11.3 Å². The monoisotopic (exact) mass is 322 g/mol. The minimum absolute atomic E-state index is 0.106. The molecule has 0 saturated carbocycles. The van der Waals surface area contributed by atoms with Gasteiger partial charge in [-0.25, -0.2) is 4.39 Å². The Bertz CT molecular complexity index is 901. The molecule has 0 aliphatic rings. The van der Waals surface area contributed by atoms with E-state index in [4.69, 9.17) is 10.00 Å². The molecule has 1 aromatic heterocycles. The normalized spacial score (nSPS) is 10.9. The fourth-order valence-corrected chi connectivity index (χ4v) is 1.89. The van der Waals surface area contributed by atoms with Crippen LogP contribution < -0.4 is 10.1 Å². The van der Waals surface area contributed by atoms with Crippen molar-refractivity contribution in [2.24, 2.45) is 0 Å². The average Bonchev–Trinajstić information content (AvgIpc) is 3.13. The number of halogens is 1. The van der Waals surface area contributed by atoms with Crippen LogP contribution in [0.2, 0.25) is 0 Å². The number of para-hydroxylation sites is 3. The first-order valence-corrected chi connectivity index (χ1v) is 6.90. The highest BCUT2D eigenvalue weighted by atomic mass is 19.1. The topological polar surface area (TPSA) is 99.5 Å². The molecular formula is C16H11FN6O. The maximum atomic E-state index is 13.7. The minimum atomic E-state index is -0.465. The van der Waals surface area contributed by atoms with Crippen LogP contribution in [-0.4, -0.2) is 20.6 Å². The van der Waals surface area contributed by atoms with Gasteiger partial charge in [0.05, 0.1) is 5.69 Å². The van der Waals surface area contributed by atoms with E-state index in [-0.39, 0.29) is 17.1 Å². The number of benzene rings is 2. The Hall–Kier alpha value is -3.73. The molecule has 0 amide bonds. The molecule has 0 bridgehead atoms. The quantitative estimate of drug-likeness (QED) is 0.700. The molecule has 0 unspecified atom stereocenters. The summed E-state index contributed by atoms with van der Waals surface area (Å²) in [7, 11) is 0. The van der Waals surface area contributed by atoms with E-state index in [9.17, 15) is 4.39 Å². The lowest BCUT2D eigenvalue weighted by molar-refractivity contribution is 0.444. The Labute approximate surface area is 136 Å². The maximum Gasteiger partial charge on any atom is 0.216 e. The van der Waals surface area contributed by atoms with Gasteiger partial charge in [-0.2, -0.15) is 10.5 Å². The van der Waals surface area contributed by atoms with Crippen molar-refractivity contribution in [2.75, 3.05) is 5.32 Å². The van der Waals surface area contributed by atoms with Crippen LogP contribution in [-0.2, 0) is 0 Å². The van der Waals surface area contributed by atoms with Gasteiger partial charge in [0.2, 0.25) is 5.82 Å². The Morgan fingerprint density at radius 3 is 2.62 bits per heavy atom. The first kappa shape index (κ1) is 15.2. The number of aromatic amines is 1. The summed E-state index contributed by atoms with van der Waals surface area (Å²) in [6.45, 7) is 0. The van der Waals surface area contributed by atoms with Crippen LogP contribution in [0.3, 0.4) is 0 Å². The SMILES string of the molecule is N#CC(=CNc1ccccc1Oc1ccccc1F)c1nn[nH]n1. The summed E-state index contributed by atoms with van der Waals surface area (Å²) in [4.78, 5) is 0. The van der Waals surface area contributed by atoms with Crippen molar-refractivity contribution < 1.29 is 9.13 Å². The third-order valence-corrected chi connectivity index (χ3v) is 3.02. The zero-order valence-corrected chi connectivity index (χ0v) is 12.3. The zero-order chi connectivity index (χ0) is 16.8. The molecule has 0 radical (unpaired) electrons. The van der Waals surface area contributed by atoms with Crippen LogP contribution in [0.25, 0.3) is 5.57 Å². The molecule has 7 nitrogen and oxygen atoms in total. The van der Waals surface area contributed by atoms with E-state index >= 15 is 0 Å². The van der Waals surface area contributed by atoms with E-state index < -0.39 is 5.82 Å². The fraction of sp³-hybridized carbons (Fsp3) is 0. The lowest BCUT2D eigenvalue weighted by Gasteiger charge is -2.11. The predicted molar refractivity (Wildman–Crippen MR) is 84.3 cm³/mol. The van der Waals surface area contributed by atoms with Crippen molar-refractivity contribution in [1.82, 2.24) is 20.6 Å². The molecule has 3 aromatic rings. The van der Waals surface area contributed by atoms with Crippen molar-refractivity contribution in [1.29, 1.82) is 5.26 Å². The van der Waals surface area contributed by atoms with Gasteiger partial charge in [0, 0.05) is 6.20 Å². The van der Waals surface area contributed by atoms with Crippen molar-refractivity contribution in [3.8, 4) is 17.6 Å². The van der Waals surface area contributed by atoms with E-state index in [1.165, 1.54) is 18.3 Å². The molecule has 8 heteroatoms. The summed E-state index contributed by atoms with van der Waals surface area (Å²) in [6.07, 6.45) is 1.42. The van der Waals surface area contributed by atoms with Gasteiger partial charge in [-0.3, -0.25) is 0 Å². The number of hydrogen-bond donors (Lipinski definition) is 2. The van der Waals surface area contributed by atoms with E-state index in [2.05, 4.69) is 25.9 Å². The number of anilines is 1. The minimum Gasteiger partial charge on any atom is -0.452 e. The highest BCUT2D eigenvalue weighted by molar-refractivity contribution is 5.75. The molecule has 118 valence electrons. The number of nitrogens with one attached hydrogen (secondary N) is 2.